The highest BCUT2D eigenvalue weighted by molar-refractivity contribution is 5.86. The van der Waals surface area contributed by atoms with Crippen LogP contribution in [-0.2, 0) is 13.0 Å². The summed E-state index contributed by atoms with van der Waals surface area (Å²) in [7, 11) is 0. The summed E-state index contributed by atoms with van der Waals surface area (Å²) in [6, 6.07) is 13.8. The van der Waals surface area contributed by atoms with E-state index in [1.165, 1.54) is 5.56 Å². The molecular formula is C20H18N6O. The molecule has 3 aromatic heterocycles. The molecule has 4 rings (SSSR count). The van der Waals surface area contributed by atoms with Crippen LogP contribution in [0.3, 0.4) is 0 Å². The monoisotopic (exact) mass is 358 g/mol. The third-order valence-corrected chi connectivity index (χ3v) is 4.15. The number of hydrogen-bond donors (Lipinski definition) is 2. The van der Waals surface area contributed by atoms with Gasteiger partial charge in [0.2, 0.25) is 5.95 Å². The van der Waals surface area contributed by atoms with Crippen LogP contribution in [0.4, 0.5) is 11.8 Å². The third-order valence-electron chi connectivity index (χ3n) is 4.15. The van der Waals surface area contributed by atoms with Gasteiger partial charge in [0.1, 0.15) is 0 Å². The second-order valence-electron chi connectivity index (χ2n) is 5.97. The number of nitrogens with zero attached hydrogens (tertiary/aromatic N) is 4. The van der Waals surface area contributed by atoms with Crippen LogP contribution in [0.5, 0.6) is 0 Å². The summed E-state index contributed by atoms with van der Waals surface area (Å²) in [5, 5.41) is 3.22. The van der Waals surface area contributed by atoms with Crippen LogP contribution in [0, 0.1) is 12.3 Å². The largest absolute Gasteiger partial charge is 0.461 e. The molecule has 0 aliphatic rings. The first-order chi connectivity index (χ1) is 13.3. The van der Waals surface area contributed by atoms with Crippen molar-refractivity contribution in [1.82, 2.24) is 19.5 Å². The van der Waals surface area contributed by atoms with Gasteiger partial charge in [0, 0.05) is 6.54 Å². The number of aromatic nitrogens is 4. The Balaban J connectivity index is 1.65. The Kier molecular flexibility index (Phi) is 4.45. The minimum Gasteiger partial charge on any atom is -0.461 e. The van der Waals surface area contributed by atoms with Gasteiger partial charge < -0.3 is 15.5 Å². The van der Waals surface area contributed by atoms with E-state index < -0.39 is 0 Å². The summed E-state index contributed by atoms with van der Waals surface area (Å²) in [5.74, 6) is 4.55. The minimum absolute atomic E-state index is 0.297. The van der Waals surface area contributed by atoms with E-state index in [-0.39, 0.29) is 0 Å². The fourth-order valence-electron chi connectivity index (χ4n) is 2.90. The van der Waals surface area contributed by atoms with E-state index in [0.29, 0.717) is 47.6 Å². The molecule has 0 atom stereocenters. The molecule has 0 bridgehead atoms. The van der Waals surface area contributed by atoms with Gasteiger partial charge in [-0.15, -0.1) is 6.42 Å². The topological polar surface area (TPSA) is 94.8 Å². The summed E-state index contributed by atoms with van der Waals surface area (Å²) in [6.45, 7) is 0.982. The van der Waals surface area contributed by atoms with Gasteiger partial charge in [0.15, 0.2) is 28.6 Å². The lowest BCUT2D eigenvalue weighted by atomic mass is 10.1. The predicted molar refractivity (Wildman–Crippen MR) is 105 cm³/mol. The van der Waals surface area contributed by atoms with Gasteiger partial charge in [-0.05, 0) is 24.1 Å². The molecule has 0 saturated heterocycles. The second kappa shape index (κ2) is 7.22. The van der Waals surface area contributed by atoms with E-state index in [1.54, 1.807) is 16.9 Å². The van der Waals surface area contributed by atoms with E-state index >= 15 is 0 Å². The number of imidazole rings is 1. The van der Waals surface area contributed by atoms with Gasteiger partial charge in [0.05, 0.1) is 12.8 Å². The van der Waals surface area contributed by atoms with Gasteiger partial charge in [-0.1, -0.05) is 36.3 Å². The van der Waals surface area contributed by atoms with Crippen LogP contribution < -0.4 is 11.1 Å². The molecule has 1 aromatic carbocycles. The maximum Gasteiger partial charge on any atom is 0.226 e. The predicted octanol–water partition coefficient (Wildman–Crippen LogP) is 2.96. The van der Waals surface area contributed by atoms with Crippen molar-refractivity contribution in [3.8, 4) is 23.9 Å². The van der Waals surface area contributed by atoms with Crippen molar-refractivity contribution in [3.05, 3.63) is 54.3 Å². The Bertz CT molecular complexity index is 1090. The van der Waals surface area contributed by atoms with Crippen molar-refractivity contribution in [3.63, 3.8) is 0 Å². The van der Waals surface area contributed by atoms with Crippen molar-refractivity contribution in [2.24, 2.45) is 0 Å². The van der Waals surface area contributed by atoms with Crippen molar-refractivity contribution >= 4 is 22.9 Å². The summed E-state index contributed by atoms with van der Waals surface area (Å²) in [5.41, 5.74) is 8.44. The number of furan rings is 1. The molecule has 0 aliphatic heterocycles. The summed E-state index contributed by atoms with van der Waals surface area (Å²) >= 11 is 0. The molecule has 0 spiro atoms. The number of fused-ring (bicyclic) bond motifs is 1. The Morgan fingerprint density at radius 1 is 1.11 bits per heavy atom. The molecule has 0 unspecified atom stereocenters. The van der Waals surface area contributed by atoms with Crippen molar-refractivity contribution in [2.45, 2.75) is 13.0 Å². The van der Waals surface area contributed by atoms with E-state index in [9.17, 15) is 0 Å². The highest BCUT2D eigenvalue weighted by Gasteiger charge is 2.18. The highest BCUT2D eigenvalue weighted by atomic mass is 16.3. The van der Waals surface area contributed by atoms with Crippen LogP contribution in [0.1, 0.15) is 5.56 Å². The maximum absolute atomic E-state index is 6.12. The average molecular weight is 358 g/mol. The Labute approximate surface area is 156 Å². The van der Waals surface area contributed by atoms with Crippen molar-refractivity contribution in [1.29, 1.82) is 0 Å². The zero-order valence-electron chi connectivity index (χ0n) is 14.6. The summed E-state index contributed by atoms with van der Waals surface area (Å²) in [6.07, 6.45) is 7.97. The third kappa shape index (κ3) is 3.33. The van der Waals surface area contributed by atoms with Crippen molar-refractivity contribution in [2.75, 3.05) is 17.6 Å². The zero-order valence-corrected chi connectivity index (χ0v) is 14.6. The number of anilines is 2. The fourth-order valence-corrected chi connectivity index (χ4v) is 2.90. The molecule has 134 valence electrons. The van der Waals surface area contributed by atoms with Gasteiger partial charge in [-0.3, -0.25) is 4.57 Å². The number of nitrogens with two attached hydrogens (primary N) is 1. The van der Waals surface area contributed by atoms with E-state index in [4.69, 9.17) is 16.6 Å². The summed E-state index contributed by atoms with van der Waals surface area (Å²) < 4.78 is 7.26. The number of rotatable bonds is 6. The smallest absolute Gasteiger partial charge is 0.226 e. The minimum atomic E-state index is 0.297. The van der Waals surface area contributed by atoms with Crippen LogP contribution in [0.25, 0.3) is 22.7 Å². The lowest BCUT2D eigenvalue weighted by Gasteiger charge is -2.07. The van der Waals surface area contributed by atoms with E-state index in [1.807, 2.05) is 24.3 Å². The standard InChI is InChI=1S/C20H18N6O/c1-2-12-26-18(15-9-6-13-27-15)23-16-17(21)24-20(25-19(16)26)22-11-10-14-7-4-3-5-8-14/h1,3-9,13H,10-12H2,(H3,21,22,24,25). The summed E-state index contributed by atoms with van der Waals surface area (Å²) in [4.78, 5) is 13.4. The lowest BCUT2D eigenvalue weighted by Crippen LogP contribution is -2.10. The molecule has 3 N–H and O–H groups in total. The van der Waals surface area contributed by atoms with Crippen LogP contribution in [-0.4, -0.2) is 26.1 Å². The molecule has 0 radical (unpaired) electrons. The Morgan fingerprint density at radius 3 is 2.70 bits per heavy atom. The van der Waals surface area contributed by atoms with Gasteiger partial charge >= 0.3 is 0 Å². The highest BCUT2D eigenvalue weighted by Crippen LogP contribution is 2.27. The molecule has 0 aliphatic carbocycles. The molecule has 7 nitrogen and oxygen atoms in total. The van der Waals surface area contributed by atoms with Crippen LogP contribution in [0.15, 0.2) is 53.1 Å². The maximum atomic E-state index is 6.12. The van der Waals surface area contributed by atoms with E-state index in [2.05, 4.69) is 38.3 Å². The first-order valence-electron chi connectivity index (χ1n) is 8.55. The van der Waals surface area contributed by atoms with Crippen LogP contribution in [0.2, 0.25) is 0 Å². The zero-order chi connectivity index (χ0) is 18.6. The second-order valence-corrected chi connectivity index (χ2v) is 5.97. The van der Waals surface area contributed by atoms with Gasteiger partial charge in [-0.25, -0.2) is 4.98 Å². The lowest BCUT2D eigenvalue weighted by molar-refractivity contribution is 0.573. The molecule has 0 fully saturated rings. The first-order valence-corrected chi connectivity index (χ1v) is 8.55. The number of benzene rings is 1. The number of terminal acetylenes is 1. The Morgan fingerprint density at radius 2 is 1.96 bits per heavy atom. The number of nitrogen functional groups attached to an aromatic ring is 1. The normalized spacial score (nSPS) is 10.8. The molecule has 27 heavy (non-hydrogen) atoms. The number of hydrogen-bond acceptors (Lipinski definition) is 6. The quantitative estimate of drug-likeness (QED) is 0.515. The molecule has 4 aromatic rings. The number of nitrogens with one attached hydrogen (secondary N) is 1. The molecule has 0 saturated carbocycles. The first kappa shape index (κ1) is 16.7. The van der Waals surface area contributed by atoms with Gasteiger partial charge in [0.25, 0.3) is 0 Å². The Hall–Kier alpha value is -3.79. The van der Waals surface area contributed by atoms with Crippen molar-refractivity contribution < 1.29 is 4.42 Å². The van der Waals surface area contributed by atoms with Gasteiger partial charge in [-0.2, -0.15) is 9.97 Å². The molecule has 0 amide bonds. The van der Waals surface area contributed by atoms with E-state index in [0.717, 1.165) is 6.42 Å². The average Bonchev–Trinajstić information content (AvgIpc) is 3.32. The molecular weight excluding hydrogens is 340 g/mol. The fraction of sp³-hybridized carbons (Fsp3) is 0.150. The molecule has 7 heteroatoms. The van der Waals surface area contributed by atoms with Crippen LogP contribution >= 0.6 is 0 Å². The molecule has 3 heterocycles. The SMILES string of the molecule is C#CCn1c(-c2ccco2)nc2c(N)nc(NCCc3ccccc3)nc21.